The molecule has 5 rings (SSSR count). The number of hydrogen-bond donors (Lipinski definition) is 0. The molecular formula is C26H32N2O2. The zero-order valence-corrected chi connectivity index (χ0v) is 18.0. The van der Waals surface area contributed by atoms with E-state index in [1.54, 1.807) is 0 Å². The van der Waals surface area contributed by atoms with Gasteiger partial charge in [0.05, 0.1) is 5.69 Å². The number of allylic oxidation sites excluding steroid dienone is 1. The molecule has 4 nitrogen and oxygen atoms in total. The molecule has 0 saturated heterocycles. The van der Waals surface area contributed by atoms with Crippen molar-refractivity contribution in [3.05, 3.63) is 40.7 Å². The maximum atomic E-state index is 12.8. The van der Waals surface area contributed by atoms with Crippen LogP contribution in [0, 0.1) is 17.8 Å². The average Bonchev–Trinajstić information content (AvgIpc) is 3.26. The number of fused-ring (bicyclic) bond motifs is 1. The van der Waals surface area contributed by atoms with Crippen LogP contribution in [0.3, 0.4) is 0 Å². The minimum atomic E-state index is 0.272. The molecule has 2 saturated carbocycles. The Morgan fingerprint density at radius 1 is 1.17 bits per heavy atom. The molecule has 1 unspecified atom stereocenters. The van der Waals surface area contributed by atoms with Crippen LogP contribution in [0.15, 0.2) is 18.2 Å². The molecule has 2 heterocycles. The van der Waals surface area contributed by atoms with Crippen LogP contribution in [0.5, 0.6) is 0 Å². The van der Waals surface area contributed by atoms with E-state index in [1.165, 1.54) is 42.4 Å². The van der Waals surface area contributed by atoms with E-state index in [0.29, 0.717) is 36.5 Å². The number of nitrogens with zero attached hydrogens (tertiary/aromatic N) is 2. The Bertz CT molecular complexity index is 919. The predicted octanol–water partition coefficient (Wildman–Crippen LogP) is 4.61. The van der Waals surface area contributed by atoms with Gasteiger partial charge in [-0.1, -0.05) is 38.0 Å². The zero-order valence-electron chi connectivity index (χ0n) is 18.0. The number of pyridine rings is 1. The highest BCUT2D eigenvalue weighted by atomic mass is 16.2. The molecule has 1 atom stereocenters. The lowest BCUT2D eigenvalue weighted by molar-refractivity contribution is -0.132. The third kappa shape index (κ3) is 4.01. The second kappa shape index (κ2) is 8.13. The summed E-state index contributed by atoms with van der Waals surface area (Å²) in [6.45, 7) is 3.71. The van der Waals surface area contributed by atoms with Crippen molar-refractivity contribution in [1.82, 2.24) is 9.88 Å². The number of Topliss-reactive ketones (excluding diaryl/α,β-unsaturated/α-hetero) is 1. The smallest absolute Gasteiger partial charge is 0.223 e. The quantitative estimate of drug-likeness (QED) is 0.695. The minimum absolute atomic E-state index is 0.272. The molecule has 1 amide bonds. The van der Waals surface area contributed by atoms with E-state index < -0.39 is 0 Å². The third-order valence-electron chi connectivity index (χ3n) is 7.33. The van der Waals surface area contributed by atoms with E-state index in [9.17, 15) is 9.59 Å². The predicted molar refractivity (Wildman–Crippen MR) is 119 cm³/mol. The molecule has 0 spiro atoms. The van der Waals surface area contributed by atoms with Crippen LogP contribution >= 0.6 is 0 Å². The Labute approximate surface area is 179 Å². The number of aromatic nitrogens is 1. The van der Waals surface area contributed by atoms with Crippen molar-refractivity contribution in [2.75, 3.05) is 13.1 Å². The summed E-state index contributed by atoms with van der Waals surface area (Å²) in [6, 6.07) is 2.15. The number of ketones is 1. The second-order valence-electron chi connectivity index (χ2n) is 9.76. The summed E-state index contributed by atoms with van der Waals surface area (Å²) in [7, 11) is 0. The summed E-state index contributed by atoms with van der Waals surface area (Å²) in [5.74, 6) is 1.82. The number of amides is 1. The van der Waals surface area contributed by atoms with E-state index in [0.717, 1.165) is 43.6 Å². The van der Waals surface area contributed by atoms with Gasteiger partial charge in [0.15, 0.2) is 0 Å². The van der Waals surface area contributed by atoms with Gasteiger partial charge in [0.2, 0.25) is 5.91 Å². The Morgan fingerprint density at radius 3 is 2.70 bits per heavy atom. The van der Waals surface area contributed by atoms with Crippen LogP contribution < -0.4 is 0 Å². The van der Waals surface area contributed by atoms with E-state index in [4.69, 9.17) is 4.98 Å². The summed E-state index contributed by atoms with van der Waals surface area (Å²) in [4.78, 5) is 32.0. The highest BCUT2D eigenvalue weighted by Gasteiger charge is 2.31. The fourth-order valence-electron chi connectivity index (χ4n) is 5.44. The molecule has 0 bridgehead atoms. The lowest BCUT2D eigenvalue weighted by atomic mass is 9.87. The number of hydrogen-bond acceptors (Lipinski definition) is 3. The van der Waals surface area contributed by atoms with Crippen LogP contribution in [0.25, 0.3) is 11.6 Å². The van der Waals surface area contributed by atoms with E-state index in [1.807, 2.05) is 4.90 Å². The van der Waals surface area contributed by atoms with Crippen molar-refractivity contribution in [3.63, 3.8) is 0 Å². The van der Waals surface area contributed by atoms with E-state index >= 15 is 0 Å². The lowest BCUT2D eigenvalue weighted by Crippen LogP contribution is -2.39. The van der Waals surface area contributed by atoms with Crippen molar-refractivity contribution in [2.45, 2.75) is 64.7 Å². The van der Waals surface area contributed by atoms with Gasteiger partial charge in [-0.2, -0.15) is 0 Å². The van der Waals surface area contributed by atoms with Crippen molar-refractivity contribution >= 4 is 23.3 Å². The number of carbonyl (C=O) groups is 2. The van der Waals surface area contributed by atoms with Crippen molar-refractivity contribution in [3.8, 4) is 0 Å². The third-order valence-corrected chi connectivity index (χ3v) is 7.33. The van der Waals surface area contributed by atoms with Crippen molar-refractivity contribution < 1.29 is 9.59 Å². The molecule has 0 aromatic carbocycles. The number of rotatable bonds is 6. The van der Waals surface area contributed by atoms with Crippen molar-refractivity contribution in [1.29, 1.82) is 0 Å². The molecule has 1 aromatic heterocycles. The first-order valence-corrected chi connectivity index (χ1v) is 11.8. The summed E-state index contributed by atoms with van der Waals surface area (Å²) < 4.78 is 0. The van der Waals surface area contributed by atoms with Gasteiger partial charge in [-0.3, -0.25) is 14.6 Å². The molecule has 2 fully saturated rings. The fourth-order valence-corrected chi connectivity index (χ4v) is 5.44. The number of carbonyl (C=O) groups excluding carboxylic acids is 2. The molecule has 30 heavy (non-hydrogen) atoms. The molecular weight excluding hydrogens is 372 g/mol. The maximum absolute atomic E-state index is 12.8. The van der Waals surface area contributed by atoms with Crippen LogP contribution in [0.1, 0.15) is 74.4 Å². The van der Waals surface area contributed by atoms with Crippen LogP contribution in [-0.2, 0) is 22.4 Å². The van der Waals surface area contributed by atoms with Gasteiger partial charge in [0.1, 0.15) is 5.78 Å². The lowest BCUT2D eigenvalue weighted by Gasteiger charge is -2.32. The summed E-state index contributed by atoms with van der Waals surface area (Å²) in [5.41, 5.74) is 5.76. The highest BCUT2D eigenvalue weighted by molar-refractivity contribution is 5.86. The molecule has 1 aromatic rings. The second-order valence-corrected chi connectivity index (χ2v) is 9.76. The van der Waals surface area contributed by atoms with Gasteiger partial charge in [-0.15, -0.1) is 0 Å². The van der Waals surface area contributed by atoms with Gasteiger partial charge >= 0.3 is 0 Å². The first-order valence-electron chi connectivity index (χ1n) is 11.8. The van der Waals surface area contributed by atoms with E-state index in [2.05, 4.69) is 31.2 Å². The van der Waals surface area contributed by atoms with Gasteiger partial charge in [-0.25, -0.2) is 0 Å². The van der Waals surface area contributed by atoms with Gasteiger partial charge < -0.3 is 4.90 Å². The first kappa shape index (κ1) is 19.7. The molecule has 4 aliphatic rings. The van der Waals surface area contributed by atoms with Crippen LogP contribution in [-0.4, -0.2) is 34.7 Å². The normalized spacial score (nSPS) is 23.6. The molecule has 1 aliphatic heterocycles. The molecule has 158 valence electrons. The van der Waals surface area contributed by atoms with E-state index in [-0.39, 0.29) is 5.92 Å². The van der Waals surface area contributed by atoms with Crippen LogP contribution in [0.4, 0.5) is 0 Å². The maximum Gasteiger partial charge on any atom is 0.223 e. The van der Waals surface area contributed by atoms with Crippen LogP contribution in [0.2, 0.25) is 0 Å². The molecule has 4 heteroatoms. The monoisotopic (exact) mass is 404 g/mol. The average molecular weight is 405 g/mol. The zero-order chi connectivity index (χ0) is 20.7. The summed E-state index contributed by atoms with van der Waals surface area (Å²) >= 11 is 0. The topological polar surface area (TPSA) is 50.3 Å². The molecule has 0 radical (unpaired) electrons. The molecule has 0 N–H and O–H groups in total. The summed E-state index contributed by atoms with van der Waals surface area (Å²) in [5, 5.41) is 0. The minimum Gasteiger partial charge on any atom is -0.338 e. The standard InChI is InChI=1S/C26H32N2O2/c1-17-16-28(26(30)13-18-5-2-3-6-18)12-11-21(17)23-14-20(15-25(29)19-9-10-19)27-24-8-4-7-22(23)24/h4,7,11,14,17-19H,2-3,5-6,8-10,12-13,15-16H2,1H3. The Kier molecular flexibility index (Phi) is 5.34. The molecule has 3 aliphatic carbocycles. The summed E-state index contributed by atoms with van der Waals surface area (Å²) in [6.07, 6.45) is 15.7. The Hall–Kier alpha value is -2.23. The van der Waals surface area contributed by atoms with Gasteiger partial charge in [-0.05, 0) is 54.7 Å². The Balaban J connectivity index is 1.36. The largest absolute Gasteiger partial charge is 0.338 e. The van der Waals surface area contributed by atoms with Crippen molar-refractivity contribution in [2.24, 2.45) is 17.8 Å². The van der Waals surface area contributed by atoms with Gasteiger partial charge in [0, 0.05) is 49.5 Å². The highest BCUT2D eigenvalue weighted by Crippen LogP contribution is 2.36. The van der Waals surface area contributed by atoms with Gasteiger partial charge in [0.25, 0.3) is 0 Å². The first-order chi connectivity index (χ1) is 14.6. The Morgan fingerprint density at radius 2 is 1.97 bits per heavy atom. The SMILES string of the molecule is CC1CN(C(=O)CC2CCCC2)CC=C1c1cc(CC(=O)C2CC2)nc2c1C=CC2. The fraction of sp³-hybridized carbons (Fsp3) is 0.577.